The number of ether oxygens (including phenoxy) is 8. The van der Waals surface area contributed by atoms with Crippen molar-refractivity contribution in [3.8, 4) is 0 Å². The van der Waals surface area contributed by atoms with Gasteiger partial charge in [0.2, 0.25) is 0 Å². The van der Waals surface area contributed by atoms with Crippen molar-refractivity contribution in [3.05, 3.63) is 228 Å². The van der Waals surface area contributed by atoms with E-state index in [0.29, 0.717) is 52.9 Å². The third kappa shape index (κ3) is 12.7. The summed E-state index contributed by atoms with van der Waals surface area (Å²) in [4.78, 5) is 0. The molecule has 8 atom stereocenters. The van der Waals surface area contributed by atoms with E-state index in [1.807, 2.05) is 109 Å². The van der Waals surface area contributed by atoms with E-state index in [1.54, 1.807) is 0 Å². The molecular formula is C54H56O8. The van der Waals surface area contributed by atoms with Gasteiger partial charge in [-0.25, -0.2) is 0 Å². The van der Waals surface area contributed by atoms with Crippen LogP contribution in [0.15, 0.2) is 194 Å². The Bertz CT molecular complexity index is 2000. The number of hydrogen-bond donors (Lipinski definition) is 0. The molecule has 0 radical (unpaired) electrons. The molecule has 0 amide bonds. The summed E-state index contributed by atoms with van der Waals surface area (Å²) >= 11 is 0. The fourth-order valence-corrected chi connectivity index (χ4v) is 7.89. The van der Waals surface area contributed by atoms with Crippen LogP contribution in [0.3, 0.4) is 0 Å². The van der Waals surface area contributed by atoms with Gasteiger partial charge in [0.15, 0.2) is 0 Å². The molecule has 0 aliphatic carbocycles. The Morgan fingerprint density at radius 3 is 0.823 bits per heavy atom. The molecule has 62 heavy (non-hydrogen) atoms. The van der Waals surface area contributed by atoms with E-state index in [-0.39, 0.29) is 0 Å². The van der Waals surface area contributed by atoms with Crippen LogP contribution in [0.25, 0.3) is 0 Å². The van der Waals surface area contributed by atoms with Crippen molar-refractivity contribution >= 4 is 0 Å². The Hall–Kier alpha value is -5.26. The van der Waals surface area contributed by atoms with Crippen LogP contribution in [0, 0.1) is 0 Å². The van der Waals surface area contributed by atoms with Gasteiger partial charge in [0.1, 0.15) is 48.8 Å². The smallest absolute Gasteiger partial charge is 0.116 e. The van der Waals surface area contributed by atoms with Crippen LogP contribution in [0.1, 0.15) is 33.4 Å². The molecule has 8 rings (SSSR count). The minimum absolute atomic E-state index is 0.322. The molecular weight excluding hydrogens is 777 g/mol. The Kier molecular flexibility index (Phi) is 16.3. The molecule has 0 N–H and O–H groups in total. The van der Waals surface area contributed by atoms with Gasteiger partial charge in [0.05, 0.1) is 52.9 Å². The Balaban J connectivity index is 1.06. The lowest BCUT2D eigenvalue weighted by molar-refractivity contribution is -0.0897. The van der Waals surface area contributed by atoms with Crippen molar-refractivity contribution in [1.29, 1.82) is 0 Å². The lowest BCUT2D eigenvalue weighted by Gasteiger charge is -2.25. The van der Waals surface area contributed by atoms with Crippen LogP contribution in [0.5, 0.6) is 0 Å². The van der Waals surface area contributed by atoms with Gasteiger partial charge in [-0.15, -0.1) is 0 Å². The maximum Gasteiger partial charge on any atom is 0.116 e. The standard InChI is InChI=1S/C54H56O8/c1-7-19-41(20-8-1)33-55-39-49-53(59-37-45-27-15-5-16-28-45)51(57-35-43-23-11-3-12-24-43)47(61-49)31-32-48-52(58-36-44-25-13-4-14-26-44)54(60-38-46-29-17-6-18-30-46)50(62-48)40-56-34-42-21-9-2-10-22-42/h1-32,47-54H,33-40H2/t47-,48-,49-,50-,51-,52-,53-,54-/m1/s1. The fourth-order valence-electron chi connectivity index (χ4n) is 7.89. The highest BCUT2D eigenvalue weighted by atomic mass is 16.6. The highest BCUT2D eigenvalue weighted by molar-refractivity contribution is 5.19. The van der Waals surface area contributed by atoms with Gasteiger partial charge < -0.3 is 37.9 Å². The van der Waals surface area contributed by atoms with Crippen molar-refractivity contribution in [1.82, 2.24) is 0 Å². The van der Waals surface area contributed by atoms with Gasteiger partial charge in [0, 0.05) is 0 Å². The second-order valence-electron chi connectivity index (χ2n) is 15.7. The lowest BCUT2D eigenvalue weighted by atomic mass is 10.0. The Morgan fingerprint density at radius 2 is 0.548 bits per heavy atom. The maximum atomic E-state index is 6.88. The molecule has 8 nitrogen and oxygen atoms in total. The fraction of sp³-hybridized carbons (Fsp3) is 0.296. The summed E-state index contributed by atoms with van der Waals surface area (Å²) in [6.07, 6.45) is 0.539. The minimum Gasteiger partial charge on any atom is -0.374 e. The first kappa shape index (κ1) is 43.4. The Morgan fingerprint density at radius 1 is 0.306 bits per heavy atom. The van der Waals surface area contributed by atoms with E-state index in [9.17, 15) is 0 Å². The molecule has 0 aromatic heterocycles. The molecule has 8 heteroatoms. The molecule has 2 aliphatic rings. The maximum absolute atomic E-state index is 6.88. The molecule has 2 fully saturated rings. The molecule has 0 saturated carbocycles. The first-order valence-corrected chi connectivity index (χ1v) is 21.6. The predicted octanol–water partition coefficient (Wildman–Crippen LogP) is 9.85. The first-order valence-electron chi connectivity index (χ1n) is 21.6. The van der Waals surface area contributed by atoms with Gasteiger partial charge in [0.25, 0.3) is 0 Å². The molecule has 2 saturated heterocycles. The number of hydrogen-bond acceptors (Lipinski definition) is 8. The zero-order chi connectivity index (χ0) is 42.0. The van der Waals surface area contributed by atoms with Gasteiger partial charge in [-0.3, -0.25) is 0 Å². The average molecular weight is 833 g/mol. The van der Waals surface area contributed by atoms with Gasteiger partial charge in [-0.1, -0.05) is 194 Å². The number of rotatable bonds is 22. The molecule has 0 bridgehead atoms. The summed E-state index contributed by atoms with van der Waals surface area (Å²) in [5, 5.41) is 0. The molecule has 2 heterocycles. The molecule has 320 valence electrons. The second-order valence-corrected chi connectivity index (χ2v) is 15.7. The first-order chi connectivity index (χ1) is 30.7. The van der Waals surface area contributed by atoms with Crippen molar-refractivity contribution in [3.63, 3.8) is 0 Å². The quantitative estimate of drug-likeness (QED) is 0.0627. The van der Waals surface area contributed by atoms with Crippen LogP contribution >= 0.6 is 0 Å². The minimum atomic E-state index is -0.486. The largest absolute Gasteiger partial charge is 0.374 e. The Labute approximate surface area is 365 Å². The number of benzene rings is 6. The topological polar surface area (TPSA) is 73.8 Å². The molecule has 6 aromatic rings. The van der Waals surface area contributed by atoms with Crippen molar-refractivity contribution in [2.45, 2.75) is 88.5 Å². The van der Waals surface area contributed by atoms with Gasteiger partial charge in [-0.2, -0.15) is 0 Å². The normalized spacial score (nSPS) is 23.5. The zero-order valence-corrected chi connectivity index (χ0v) is 35.0. The van der Waals surface area contributed by atoms with E-state index >= 15 is 0 Å². The van der Waals surface area contributed by atoms with Crippen LogP contribution in [0.4, 0.5) is 0 Å². The van der Waals surface area contributed by atoms with Crippen LogP contribution in [-0.4, -0.2) is 62.0 Å². The van der Waals surface area contributed by atoms with E-state index in [1.165, 1.54) is 0 Å². The molecule has 0 unspecified atom stereocenters. The van der Waals surface area contributed by atoms with Crippen LogP contribution in [-0.2, 0) is 77.5 Å². The highest BCUT2D eigenvalue weighted by Crippen LogP contribution is 2.33. The van der Waals surface area contributed by atoms with E-state index in [4.69, 9.17) is 37.9 Å². The lowest BCUT2D eigenvalue weighted by Crippen LogP contribution is -2.39. The zero-order valence-electron chi connectivity index (χ0n) is 35.0. The summed E-state index contributed by atoms with van der Waals surface area (Å²) in [5.74, 6) is 0. The highest BCUT2D eigenvalue weighted by Gasteiger charge is 2.48. The van der Waals surface area contributed by atoms with Gasteiger partial charge in [-0.05, 0) is 33.4 Å². The van der Waals surface area contributed by atoms with E-state index in [0.717, 1.165) is 33.4 Å². The molecule has 2 aliphatic heterocycles. The summed E-state index contributed by atoms with van der Waals surface area (Å²) in [6, 6.07) is 61.1. The van der Waals surface area contributed by atoms with Gasteiger partial charge >= 0.3 is 0 Å². The van der Waals surface area contributed by atoms with Crippen molar-refractivity contribution in [2.24, 2.45) is 0 Å². The molecule has 0 spiro atoms. The predicted molar refractivity (Wildman–Crippen MR) is 239 cm³/mol. The van der Waals surface area contributed by atoms with Crippen molar-refractivity contribution in [2.75, 3.05) is 13.2 Å². The molecule has 6 aromatic carbocycles. The average Bonchev–Trinajstić information content (AvgIpc) is 3.85. The summed E-state index contributed by atoms with van der Waals surface area (Å²) < 4.78 is 53.5. The SMILES string of the molecule is C(=C[C@H]1O[C@H](COCc2ccccc2)[C@@H](OCc2ccccc2)[C@@H]1OCc1ccccc1)[C@H]1O[C@H](COCc2ccccc2)[C@@H](OCc2ccccc2)[C@@H]1OCc1ccccc1. The summed E-state index contributed by atoms with van der Waals surface area (Å²) in [7, 11) is 0. The summed E-state index contributed by atoms with van der Waals surface area (Å²) in [6.45, 7) is 3.14. The van der Waals surface area contributed by atoms with Crippen LogP contribution < -0.4 is 0 Å². The third-order valence-corrected chi connectivity index (χ3v) is 11.1. The van der Waals surface area contributed by atoms with E-state index in [2.05, 4.69) is 84.9 Å². The monoisotopic (exact) mass is 832 g/mol. The van der Waals surface area contributed by atoms with E-state index < -0.39 is 48.8 Å². The second kappa shape index (κ2) is 23.3. The van der Waals surface area contributed by atoms with Crippen LogP contribution in [0.2, 0.25) is 0 Å². The van der Waals surface area contributed by atoms with Crippen molar-refractivity contribution < 1.29 is 37.9 Å². The summed E-state index contributed by atoms with van der Waals surface area (Å²) in [5.41, 5.74) is 6.44. The third-order valence-electron chi connectivity index (χ3n) is 11.1.